The summed E-state index contributed by atoms with van der Waals surface area (Å²) >= 11 is 1.75. The van der Waals surface area contributed by atoms with Crippen molar-refractivity contribution < 1.29 is 4.74 Å². The quantitative estimate of drug-likeness (QED) is 0.810. The van der Waals surface area contributed by atoms with Gasteiger partial charge >= 0.3 is 0 Å². The van der Waals surface area contributed by atoms with Gasteiger partial charge in [-0.2, -0.15) is 11.8 Å². The molecule has 0 bridgehead atoms. The van der Waals surface area contributed by atoms with Gasteiger partial charge in [0.1, 0.15) is 11.9 Å². The first-order valence-electron chi connectivity index (χ1n) is 5.59. The summed E-state index contributed by atoms with van der Waals surface area (Å²) in [5.41, 5.74) is 1.82. The van der Waals surface area contributed by atoms with E-state index in [2.05, 4.69) is 16.9 Å². The summed E-state index contributed by atoms with van der Waals surface area (Å²) in [5.74, 6) is 2.37. The summed E-state index contributed by atoms with van der Waals surface area (Å²) in [6.07, 6.45) is 2.26. The van der Waals surface area contributed by atoms with E-state index < -0.39 is 0 Å². The van der Waals surface area contributed by atoms with Gasteiger partial charge in [-0.25, -0.2) is 4.98 Å². The average molecular weight is 238 g/mol. The Morgan fingerprint density at radius 3 is 3.06 bits per heavy atom. The predicted molar refractivity (Wildman–Crippen MR) is 62.4 cm³/mol. The summed E-state index contributed by atoms with van der Waals surface area (Å²) in [6, 6.07) is 0. The molecule has 2 atom stereocenters. The van der Waals surface area contributed by atoms with Crippen molar-refractivity contribution >= 4 is 11.8 Å². The highest BCUT2D eigenvalue weighted by atomic mass is 32.2. The lowest BCUT2D eigenvalue weighted by molar-refractivity contribution is 0.0500. The van der Waals surface area contributed by atoms with E-state index in [1.165, 1.54) is 0 Å². The van der Waals surface area contributed by atoms with Crippen LogP contribution in [0.2, 0.25) is 0 Å². The number of hydrogen-bond donors (Lipinski definition) is 1. The molecule has 1 aromatic heterocycles. The maximum atomic E-state index is 11.8. The average Bonchev–Trinajstić information content (AvgIpc) is 2.85. The Balaban J connectivity index is 1.97. The fourth-order valence-corrected chi connectivity index (χ4v) is 3.27. The largest absolute Gasteiger partial charge is 0.367 e. The Morgan fingerprint density at radius 2 is 2.31 bits per heavy atom. The van der Waals surface area contributed by atoms with E-state index in [0.29, 0.717) is 0 Å². The second kappa shape index (κ2) is 3.89. The zero-order valence-corrected chi connectivity index (χ0v) is 9.97. The number of fused-ring (bicyclic) bond motifs is 1. The molecular formula is C11H14N2O2S. The molecule has 1 N–H and O–H groups in total. The van der Waals surface area contributed by atoms with E-state index in [4.69, 9.17) is 4.74 Å². The number of ether oxygens (including phenoxy) is 1. The number of nitrogens with zero attached hydrogens (tertiary/aromatic N) is 1. The van der Waals surface area contributed by atoms with Gasteiger partial charge in [0.2, 0.25) is 0 Å². The van der Waals surface area contributed by atoms with Crippen LogP contribution in [-0.4, -0.2) is 16.1 Å². The first-order chi connectivity index (χ1) is 7.74. The minimum atomic E-state index is -0.0152. The normalized spacial score (nSPS) is 28.3. The SMILES string of the molecule is CC1CCC(c2nc3c(c(=O)[nH]2)CSC3)O1. The molecule has 16 heavy (non-hydrogen) atoms. The van der Waals surface area contributed by atoms with Gasteiger partial charge < -0.3 is 9.72 Å². The van der Waals surface area contributed by atoms with Gasteiger partial charge in [-0.15, -0.1) is 0 Å². The van der Waals surface area contributed by atoms with Crippen LogP contribution in [0, 0.1) is 0 Å². The molecular weight excluding hydrogens is 224 g/mol. The monoisotopic (exact) mass is 238 g/mol. The predicted octanol–water partition coefficient (Wildman–Crippen LogP) is 1.76. The van der Waals surface area contributed by atoms with Crippen LogP contribution in [0.25, 0.3) is 0 Å². The van der Waals surface area contributed by atoms with Gasteiger partial charge in [-0.1, -0.05) is 0 Å². The van der Waals surface area contributed by atoms with Crippen LogP contribution in [0.15, 0.2) is 4.79 Å². The van der Waals surface area contributed by atoms with Crippen LogP contribution in [0.1, 0.15) is 43.0 Å². The van der Waals surface area contributed by atoms with Gasteiger partial charge in [-0.05, 0) is 19.8 Å². The minimum absolute atomic E-state index is 0.0152. The summed E-state index contributed by atoms with van der Waals surface area (Å²) in [5, 5.41) is 0. The summed E-state index contributed by atoms with van der Waals surface area (Å²) < 4.78 is 5.72. The molecule has 0 spiro atoms. The molecule has 1 saturated heterocycles. The van der Waals surface area contributed by atoms with Crippen LogP contribution in [-0.2, 0) is 16.2 Å². The molecule has 2 aliphatic rings. The third-order valence-electron chi connectivity index (χ3n) is 3.14. The first-order valence-corrected chi connectivity index (χ1v) is 6.74. The van der Waals surface area contributed by atoms with Crippen molar-refractivity contribution in [2.24, 2.45) is 0 Å². The third-order valence-corrected chi connectivity index (χ3v) is 4.11. The first kappa shape index (κ1) is 10.4. The fraction of sp³-hybridized carbons (Fsp3) is 0.636. The lowest BCUT2D eigenvalue weighted by atomic mass is 10.2. The van der Waals surface area contributed by atoms with Crippen molar-refractivity contribution in [3.8, 4) is 0 Å². The molecule has 1 fully saturated rings. The zero-order valence-electron chi connectivity index (χ0n) is 9.16. The van der Waals surface area contributed by atoms with Gasteiger partial charge in [0.15, 0.2) is 0 Å². The van der Waals surface area contributed by atoms with Gasteiger partial charge in [-0.3, -0.25) is 4.79 Å². The molecule has 0 aromatic carbocycles. The van der Waals surface area contributed by atoms with Crippen molar-refractivity contribution in [2.45, 2.75) is 43.5 Å². The number of aromatic amines is 1. The number of nitrogens with one attached hydrogen (secondary N) is 1. The Labute approximate surface area is 97.8 Å². The molecule has 5 heteroatoms. The van der Waals surface area contributed by atoms with E-state index in [9.17, 15) is 4.79 Å². The molecule has 4 nitrogen and oxygen atoms in total. The molecule has 0 amide bonds. The minimum Gasteiger partial charge on any atom is -0.367 e. The highest BCUT2D eigenvalue weighted by Gasteiger charge is 2.27. The van der Waals surface area contributed by atoms with Crippen molar-refractivity contribution in [1.29, 1.82) is 0 Å². The highest BCUT2D eigenvalue weighted by molar-refractivity contribution is 7.98. The molecule has 0 saturated carbocycles. The number of aromatic nitrogens is 2. The summed E-state index contributed by atoms with van der Waals surface area (Å²) in [4.78, 5) is 19.2. The molecule has 0 aliphatic carbocycles. The van der Waals surface area contributed by atoms with E-state index >= 15 is 0 Å². The van der Waals surface area contributed by atoms with E-state index in [1.807, 2.05) is 0 Å². The smallest absolute Gasteiger partial charge is 0.255 e. The van der Waals surface area contributed by atoms with Crippen LogP contribution >= 0.6 is 11.8 Å². The summed E-state index contributed by atoms with van der Waals surface area (Å²) in [7, 11) is 0. The number of rotatable bonds is 1. The second-order valence-electron chi connectivity index (χ2n) is 4.38. The molecule has 2 aliphatic heterocycles. The molecule has 1 aromatic rings. The number of hydrogen-bond acceptors (Lipinski definition) is 4. The number of H-pyrrole nitrogens is 1. The standard InChI is InChI=1S/C11H14N2O2S/c1-6-2-3-9(15-6)10-12-8-5-16-4-7(8)11(14)13-10/h6,9H,2-5H2,1H3,(H,12,13,14). The lowest BCUT2D eigenvalue weighted by Crippen LogP contribution is -2.19. The van der Waals surface area contributed by atoms with Crippen LogP contribution in [0.5, 0.6) is 0 Å². The van der Waals surface area contributed by atoms with E-state index in [1.54, 1.807) is 11.8 Å². The second-order valence-corrected chi connectivity index (χ2v) is 5.37. The van der Waals surface area contributed by atoms with Crippen molar-refractivity contribution in [1.82, 2.24) is 9.97 Å². The lowest BCUT2D eigenvalue weighted by Gasteiger charge is -2.11. The Kier molecular flexibility index (Phi) is 2.52. The van der Waals surface area contributed by atoms with Crippen molar-refractivity contribution in [3.63, 3.8) is 0 Å². The summed E-state index contributed by atoms with van der Waals surface area (Å²) in [6.45, 7) is 2.06. The number of thioether (sulfide) groups is 1. The Hall–Kier alpha value is -0.810. The van der Waals surface area contributed by atoms with Crippen LogP contribution < -0.4 is 5.56 Å². The Morgan fingerprint density at radius 1 is 1.44 bits per heavy atom. The van der Waals surface area contributed by atoms with E-state index in [-0.39, 0.29) is 17.8 Å². The van der Waals surface area contributed by atoms with Crippen molar-refractivity contribution in [3.05, 3.63) is 27.4 Å². The highest BCUT2D eigenvalue weighted by Crippen LogP contribution is 2.32. The molecule has 86 valence electrons. The molecule has 3 rings (SSSR count). The molecule has 3 heterocycles. The van der Waals surface area contributed by atoms with E-state index in [0.717, 1.165) is 41.4 Å². The van der Waals surface area contributed by atoms with Gasteiger partial charge in [0, 0.05) is 17.1 Å². The Bertz CT molecular complexity index is 472. The van der Waals surface area contributed by atoms with Crippen LogP contribution in [0.4, 0.5) is 0 Å². The molecule has 2 unspecified atom stereocenters. The molecule has 0 radical (unpaired) electrons. The fourth-order valence-electron chi connectivity index (χ4n) is 2.24. The topological polar surface area (TPSA) is 55.0 Å². The third kappa shape index (κ3) is 1.68. The van der Waals surface area contributed by atoms with Crippen LogP contribution in [0.3, 0.4) is 0 Å². The maximum absolute atomic E-state index is 11.8. The zero-order chi connectivity index (χ0) is 11.1. The van der Waals surface area contributed by atoms with Gasteiger partial charge in [0.25, 0.3) is 5.56 Å². The van der Waals surface area contributed by atoms with Gasteiger partial charge in [0.05, 0.1) is 11.8 Å². The maximum Gasteiger partial charge on any atom is 0.255 e. The van der Waals surface area contributed by atoms with Crippen molar-refractivity contribution in [2.75, 3.05) is 0 Å².